The molecule has 0 bridgehead atoms. The molecule has 0 heterocycles. The molecular formula is C18H29N. The maximum atomic E-state index is 4.71. The van der Waals surface area contributed by atoms with Crippen molar-refractivity contribution in [1.29, 1.82) is 0 Å². The van der Waals surface area contributed by atoms with Crippen molar-refractivity contribution in [3.05, 3.63) is 48.6 Å². The van der Waals surface area contributed by atoms with Crippen molar-refractivity contribution < 1.29 is 0 Å². The van der Waals surface area contributed by atoms with Crippen LogP contribution in [-0.2, 0) is 0 Å². The lowest BCUT2D eigenvalue weighted by Gasteiger charge is -2.15. The van der Waals surface area contributed by atoms with Crippen molar-refractivity contribution >= 4 is 5.71 Å². The summed E-state index contributed by atoms with van der Waals surface area (Å²) in [6.45, 7) is 14.5. The molecule has 0 N–H and O–H groups in total. The number of hydrogen-bond donors (Lipinski definition) is 0. The van der Waals surface area contributed by atoms with Crippen LogP contribution in [0.3, 0.4) is 0 Å². The Bertz CT molecular complexity index is 369. The molecule has 0 aromatic heterocycles. The minimum absolute atomic E-state index is 0.399. The minimum Gasteiger partial charge on any atom is -0.287 e. The third-order valence-corrected chi connectivity index (χ3v) is 3.16. The highest BCUT2D eigenvalue weighted by molar-refractivity contribution is 5.93. The molecule has 0 aliphatic rings. The molecule has 2 unspecified atom stereocenters. The number of nitrogens with zero attached hydrogens (tertiary/aromatic N) is 1. The second-order valence-electron chi connectivity index (χ2n) is 5.14. The number of hydrogen-bond acceptors (Lipinski definition) is 1. The normalized spacial score (nSPS) is 17.1. The molecule has 0 radical (unpaired) electrons. The summed E-state index contributed by atoms with van der Waals surface area (Å²) in [5.41, 5.74) is 2.28. The van der Waals surface area contributed by atoms with Crippen LogP contribution in [0.2, 0.25) is 0 Å². The van der Waals surface area contributed by atoms with Gasteiger partial charge in [0.1, 0.15) is 0 Å². The lowest BCUT2D eigenvalue weighted by molar-refractivity contribution is 0.448. The van der Waals surface area contributed by atoms with E-state index in [2.05, 4.69) is 53.3 Å². The highest BCUT2D eigenvalue weighted by atomic mass is 14.8. The fraction of sp³-hybridized carbons (Fsp3) is 0.500. The van der Waals surface area contributed by atoms with Gasteiger partial charge in [-0.2, -0.15) is 0 Å². The maximum Gasteiger partial charge on any atom is 0.0500 e. The highest BCUT2D eigenvalue weighted by Crippen LogP contribution is 2.13. The monoisotopic (exact) mass is 259 g/mol. The van der Waals surface area contributed by atoms with Crippen molar-refractivity contribution in [3.63, 3.8) is 0 Å². The molecule has 0 saturated carbocycles. The zero-order valence-electron chi connectivity index (χ0n) is 13.2. The van der Waals surface area contributed by atoms with Crippen LogP contribution in [-0.4, -0.2) is 11.8 Å². The lowest BCUT2D eigenvalue weighted by atomic mass is 9.99. The molecule has 0 fully saturated rings. The van der Waals surface area contributed by atoms with E-state index in [1.54, 1.807) is 6.08 Å². The first kappa shape index (κ1) is 17.6. The topological polar surface area (TPSA) is 12.4 Å². The molecule has 1 heteroatoms. The number of rotatable bonds is 8. The van der Waals surface area contributed by atoms with Crippen molar-refractivity contribution in [2.24, 2.45) is 10.9 Å². The Hall–Kier alpha value is -1.37. The van der Waals surface area contributed by atoms with Crippen molar-refractivity contribution in [2.45, 2.75) is 53.5 Å². The van der Waals surface area contributed by atoms with Gasteiger partial charge in [-0.25, -0.2) is 0 Å². The Morgan fingerprint density at radius 2 is 1.79 bits per heavy atom. The first-order valence-corrected chi connectivity index (χ1v) is 7.19. The van der Waals surface area contributed by atoms with Gasteiger partial charge in [0, 0.05) is 11.8 Å². The molecule has 0 aromatic rings. The molecule has 19 heavy (non-hydrogen) atoms. The lowest BCUT2D eigenvalue weighted by Crippen LogP contribution is -2.12. The summed E-state index contributed by atoms with van der Waals surface area (Å²) in [7, 11) is 0. The Kier molecular flexibility index (Phi) is 9.78. The van der Waals surface area contributed by atoms with E-state index in [-0.39, 0.29) is 0 Å². The molecule has 0 aliphatic heterocycles. The average molecular weight is 259 g/mol. The van der Waals surface area contributed by atoms with E-state index in [9.17, 15) is 0 Å². The number of aliphatic imine (C=N–C) groups is 1. The number of allylic oxidation sites excluding steroid dienone is 7. The molecule has 2 atom stereocenters. The van der Waals surface area contributed by atoms with E-state index < -0.39 is 0 Å². The summed E-state index contributed by atoms with van der Waals surface area (Å²) in [6.07, 6.45) is 14.5. The van der Waals surface area contributed by atoms with Gasteiger partial charge >= 0.3 is 0 Å². The Morgan fingerprint density at radius 3 is 2.37 bits per heavy atom. The predicted molar refractivity (Wildman–Crippen MR) is 88.9 cm³/mol. The van der Waals surface area contributed by atoms with Crippen LogP contribution >= 0.6 is 0 Å². The van der Waals surface area contributed by atoms with Crippen LogP contribution in [0.5, 0.6) is 0 Å². The van der Waals surface area contributed by atoms with Crippen LogP contribution in [0.25, 0.3) is 0 Å². The summed E-state index contributed by atoms with van der Waals surface area (Å²) in [4.78, 5) is 4.71. The Morgan fingerprint density at radius 1 is 1.16 bits per heavy atom. The first-order chi connectivity index (χ1) is 9.01. The standard InChI is InChI=1S/C18H29N/c1-7-11-15(3)13-9-10-14-17(5)19-18(6)16(4)12-8-2/h7,9-11,13-14,16,18H,1,8,12H2,2-6H3/b13-9-,14-10-,15-11+,19-17+. The zero-order chi connectivity index (χ0) is 14.7. The van der Waals surface area contributed by atoms with E-state index in [0.717, 1.165) is 5.71 Å². The third-order valence-electron chi connectivity index (χ3n) is 3.16. The second-order valence-corrected chi connectivity index (χ2v) is 5.14. The van der Waals surface area contributed by atoms with Gasteiger partial charge in [0.15, 0.2) is 0 Å². The van der Waals surface area contributed by atoms with Gasteiger partial charge in [-0.3, -0.25) is 4.99 Å². The molecular weight excluding hydrogens is 230 g/mol. The fourth-order valence-corrected chi connectivity index (χ4v) is 1.83. The van der Waals surface area contributed by atoms with Gasteiger partial charge < -0.3 is 0 Å². The molecule has 0 aliphatic carbocycles. The Balaban J connectivity index is 4.39. The van der Waals surface area contributed by atoms with Crippen molar-refractivity contribution in [2.75, 3.05) is 0 Å². The summed E-state index contributed by atoms with van der Waals surface area (Å²) in [5.74, 6) is 0.654. The quantitative estimate of drug-likeness (QED) is 0.402. The van der Waals surface area contributed by atoms with Gasteiger partial charge in [0.25, 0.3) is 0 Å². The summed E-state index contributed by atoms with van der Waals surface area (Å²) >= 11 is 0. The predicted octanol–water partition coefficient (Wildman–Crippen LogP) is 5.52. The van der Waals surface area contributed by atoms with Gasteiger partial charge in [0.2, 0.25) is 0 Å². The highest BCUT2D eigenvalue weighted by Gasteiger charge is 2.08. The molecule has 0 aromatic carbocycles. The van der Waals surface area contributed by atoms with E-state index in [1.807, 2.05) is 18.2 Å². The average Bonchev–Trinajstić information content (AvgIpc) is 2.35. The van der Waals surface area contributed by atoms with Crippen molar-refractivity contribution in [3.8, 4) is 0 Å². The smallest absolute Gasteiger partial charge is 0.0500 e. The first-order valence-electron chi connectivity index (χ1n) is 7.19. The second kappa shape index (κ2) is 10.5. The van der Waals surface area contributed by atoms with Gasteiger partial charge in [-0.05, 0) is 39.2 Å². The largest absolute Gasteiger partial charge is 0.287 e. The van der Waals surface area contributed by atoms with Gasteiger partial charge in [0.05, 0.1) is 0 Å². The van der Waals surface area contributed by atoms with E-state index in [4.69, 9.17) is 4.99 Å². The summed E-state index contributed by atoms with van der Waals surface area (Å²) < 4.78 is 0. The molecule has 106 valence electrons. The molecule has 0 amide bonds. The minimum atomic E-state index is 0.399. The zero-order valence-corrected chi connectivity index (χ0v) is 13.2. The maximum absolute atomic E-state index is 4.71. The molecule has 0 rings (SSSR count). The van der Waals surface area contributed by atoms with Crippen LogP contribution in [0.1, 0.15) is 47.5 Å². The van der Waals surface area contributed by atoms with Crippen molar-refractivity contribution in [1.82, 2.24) is 0 Å². The van der Waals surface area contributed by atoms with E-state index >= 15 is 0 Å². The molecule has 1 nitrogen and oxygen atoms in total. The van der Waals surface area contributed by atoms with Crippen LogP contribution in [0.4, 0.5) is 0 Å². The Labute approximate surface area is 119 Å². The van der Waals surface area contributed by atoms with E-state index in [0.29, 0.717) is 12.0 Å². The third kappa shape index (κ3) is 9.24. The van der Waals surface area contributed by atoms with Crippen LogP contribution < -0.4 is 0 Å². The van der Waals surface area contributed by atoms with Crippen LogP contribution in [0.15, 0.2) is 53.6 Å². The molecule has 0 saturated heterocycles. The summed E-state index contributed by atoms with van der Waals surface area (Å²) in [5, 5.41) is 0. The summed E-state index contributed by atoms with van der Waals surface area (Å²) in [6, 6.07) is 0.399. The van der Waals surface area contributed by atoms with Gasteiger partial charge in [-0.15, -0.1) is 0 Å². The SMILES string of the molecule is C=C/C=C(C)/C=C\C=C/C(C)=N/C(C)C(C)CCC. The van der Waals surface area contributed by atoms with E-state index in [1.165, 1.54) is 18.4 Å². The molecule has 0 spiro atoms. The fourth-order valence-electron chi connectivity index (χ4n) is 1.83. The van der Waals surface area contributed by atoms with Crippen LogP contribution in [0, 0.1) is 5.92 Å². The van der Waals surface area contributed by atoms with Gasteiger partial charge in [-0.1, -0.05) is 62.8 Å².